The van der Waals surface area contributed by atoms with Crippen LogP contribution in [0.4, 0.5) is 0 Å². The number of primary sulfonamides is 1. The summed E-state index contributed by atoms with van der Waals surface area (Å²) in [4.78, 5) is 0.111. The van der Waals surface area contributed by atoms with E-state index in [0.29, 0.717) is 4.47 Å². The first-order valence-corrected chi connectivity index (χ1v) is 5.13. The van der Waals surface area contributed by atoms with Gasteiger partial charge in [0.2, 0.25) is 10.0 Å². The molecular weight excluding hydrogens is 269 g/mol. The fourth-order valence-corrected chi connectivity index (χ4v) is 2.25. The van der Waals surface area contributed by atoms with Gasteiger partial charge in [0.15, 0.2) is 0 Å². The van der Waals surface area contributed by atoms with Crippen LogP contribution in [0.3, 0.4) is 0 Å². The molecule has 0 aliphatic rings. The summed E-state index contributed by atoms with van der Waals surface area (Å²) in [5.41, 5.74) is 0. The Balaban J connectivity index is 0.00000121. The number of halogens is 1. The molecule has 1 aromatic carbocycles. The smallest absolute Gasteiger partial charge is 0.225 e. The Morgan fingerprint density at radius 1 is 1.25 bits per heavy atom. The van der Waals surface area contributed by atoms with Crippen LogP contribution in [0.15, 0.2) is 33.6 Å². The van der Waals surface area contributed by atoms with Gasteiger partial charge in [-0.25, -0.2) is 13.6 Å². The van der Waals surface area contributed by atoms with Crippen molar-refractivity contribution in [2.75, 3.05) is 0 Å². The van der Waals surface area contributed by atoms with Gasteiger partial charge in [-0.3, -0.25) is 0 Å². The number of benzene rings is 1. The monoisotopic (exact) mass is 274 g/mol. The molecule has 1 rings (SSSR count). The van der Waals surface area contributed by atoms with Crippen molar-refractivity contribution in [3.05, 3.63) is 28.7 Å². The first-order chi connectivity index (χ1) is 5.02. The topological polar surface area (TPSA) is 60.2 Å². The van der Waals surface area contributed by atoms with E-state index < -0.39 is 10.0 Å². The molecule has 0 aliphatic carbocycles. The Labute approximate surface area is 122 Å². The van der Waals surface area contributed by atoms with Gasteiger partial charge >= 0.3 is 0 Å². The molecule has 0 heterocycles. The minimum atomic E-state index is -3.58. The third-order valence-electron chi connectivity index (χ3n) is 1.14. The number of hydrogen-bond acceptors (Lipinski definition) is 2. The molecule has 0 atom stereocenters. The second-order valence-electron chi connectivity index (χ2n) is 1.98. The Kier molecular flexibility index (Phi) is 5.75. The molecule has 12 heavy (non-hydrogen) atoms. The average molecular weight is 275 g/mol. The standard InChI is InChI=1S/C6H6BrNO2S.K/c7-5-3-1-2-4-6(5)11(8,9)10;/h1-4H,(H2,8,9,10);. The second kappa shape index (κ2) is 5.21. The van der Waals surface area contributed by atoms with Crippen LogP contribution >= 0.6 is 15.9 Å². The van der Waals surface area contributed by atoms with Crippen LogP contribution < -0.4 is 5.14 Å². The van der Waals surface area contributed by atoms with Crippen molar-refractivity contribution >= 4 is 77.3 Å². The summed E-state index contributed by atoms with van der Waals surface area (Å²) < 4.78 is 22.1. The van der Waals surface area contributed by atoms with Crippen molar-refractivity contribution in [1.82, 2.24) is 0 Å². The molecule has 0 aromatic heterocycles. The van der Waals surface area contributed by atoms with E-state index in [0.717, 1.165) is 0 Å². The molecule has 0 saturated carbocycles. The number of nitrogens with two attached hydrogens (primary N) is 1. The summed E-state index contributed by atoms with van der Waals surface area (Å²) in [5.74, 6) is 0. The number of rotatable bonds is 1. The van der Waals surface area contributed by atoms with Gasteiger partial charge in [-0.15, -0.1) is 0 Å². The summed E-state index contributed by atoms with van der Waals surface area (Å²) in [5, 5.41) is 4.90. The van der Waals surface area contributed by atoms with E-state index in [9.17, 15) is 8.42 Å². The first-order valence-electron chi connectivity index (χ1n) is 2.79. The average Bonchev–Trinajstić information content (AvgIpc) is 1.86. The molecule has 0 unspecified atom stereocenters. The molecule has 3 nitrogen and oxygen atoms in total. The number of sulfonamides is 1. The fraction of sp³-hybridized carbons (Fsp3) is 0. The molecular formula is C6H6BrKNO2S. The van der Waals surface area contributed by atoms with Crippen LogP contribution in [0.2, 0.25) is 0 Å². The molecule has 6 heteroatoms. The Bertz CT molecular complexity index is 366. The molecule has 2 N–H and O–H groups in total. The van der Waals surface area contributed by atoms with Crippen LogP contribution in [0, 0.1) is 0 Å². The zero-order valence-corrected chi connectivity index (χ0v) is 12.0. The Morgan fingerprint density at radius 2 is 1.75 bits per heavy atom. The van der Waals surface area contributed by atoms with Gasteiger partial charge in [0.1, 0.15) is 0 Å². The quantitative estimate of drug-likeness (QED) is 0.767. The zero-order chi connectivity index (χ0) is 8.48. The van der Waals surface area contributed by atoms with Gasteiger partial charge in [0.05, 0.1) is 4.90 Å². The SMILES string of the molecule is NS(=O)(=O)c1ccccc1Br.[K]. The third kappa shape index (κ3) is 3.55. The molecule has 0 bridgehead atoms. The maximum absolute atomic E-state index is 10.8. The minimum Gasteiger partial charge on any atom is -0.225 e. The third-order valence-corrected chi connectivity index (χ3v) is 3.07. The summed E-state index contributed by atoms with van der Waals surface area (Å²) in [6.45, 7) is 0. The van der Waals surface area contributed by atoms with Crippen LogP contribution in [-0.2, 0) is 10.0 Å². The fourth-order valence-electron chi connectivity index (χ4n) is 0.675. The predicted octanol–water partition coefficient (Wildman–Crippen LogP) is 0.716. The van der Waals surface area contributed by atoms with Crippen molar-refractivity contribution in [1.29, 1.82) is 0 Å². The van der Waals surface area contributed by atoms with Gasteiger partial charge in [-0.1, -0.05) is 12.1 Å². The second-order valence-corrected chi connectivity index (χ2v) is 4.36. The van der Waals surface area contributed by atoms with Crippen LogP contribution in [0.1, 0.15) is 0 Å². The van der Waals surface area contributed by atoms with Gasteiger partial charge < -0.3 is 0 Å². The van der Waals surface area contributed by atoms with Crippen LogP contribution in [-0.4, -0.2) is 59.8 Å². The van der Waals surface area contributed by atoms with Crippen molar-refractivity contribution in [2.45, 2.75) is 4.90 Å². The molecule has 1 aromatic rings. The van der Waals surface area contributed by atoms with E-state index >= 15 is 0 Å². The summed E-state index contributed by atoms with van der Waals surface area (Å²) in [7, 11) is -3.58. The van der Waals surface area contributed by atoms with Crippen molar-refractivity contribution in [3.63, 3.8) is 0 Å². The van der Waals surface area contributed by atoms with Crippen molar-refractivity contribution in [3.8, 4) is 0 Å². The summed E-state index contributed by atoms with van der Waals surface area (Å²) in [6, 6.07) is 6.41. The first kappa shape index (κ1) is 13.2. The van der Waals surface area contributed by atoms with Gasteiger partial charge in [0, 0.05) is 55.9 Å². The molecule has 0 saturated heterocycles. The molecule has 0 fully saturated rings. The van der Waals surface area contributed by atoms with E-state index in [4.69, 9.17) is 5.14 Å². The van der Waals surface area contributed by atoms with Crippen LogP contribution in [0.25, 0.3) is 0 Å². The maximum atomic E-state index is 10.8. The van der Waals surface area contributed by atoms with Gasteiger partial charge in [-0.2, -0.15) is 0 Å². The van der Waals surface area contributed by atoms with E-state index in [1.165, 1.54) is 6.07 Å². The number of hydrogen-bond donors (Lipinski definition) is 1. The van der Waals surface area contributed by atoms with Crippen LogP contribution in [0.5, 0.6) is 0 Å². The van der Waals surface area contributed by atoms with Gasteiger partial charge in [0.25, 0.3) is 0 Å². The zero-order valence-electron chi connectivity index (χ0n) is 6.49. The van der Waals surface area contributed by atoms with E-state index in [1.807, 2.05) is 0 Å². The normalized spacial score (nSPS) is 10.5. The minimum absolute atomic E-state index is 0. The van der Waals surface area contributed by atoms with E-state index in [2.05, 4.69) is 15.9 Å². The summed E-state index contributed by atoms with van der Waals surface area (Å²) >= 11 is 3.07. The Hall–Kier alpha value is 1.25. The van der Waals surface area contributed by atoms with E-state index in [1.54, 1.807) is 18.2 Å². The van der Waals surface area contributed by atoms with E-state index in [-0.39, 0.29) is 56.3 Å². The summed E-state index contributed by atoms with van der Waals surface area (Å²) in [6.07, 6.45) is 0. The van der Waals surface area contributed by atoms with Gasteiger partial charge in [-0.05, 0) is 28.1 Å². The molecule has 0 amide bonds. The maximum Gasteiger partial charge on any atom is 0.239 e. The molecule has 0 spiro atoms. The van der Waals surface area contributed by atoms with Crippen molar-refractivity contribution in [2.24, 2.45) is 5.14 Å². The molecule has 61 valence electrons. The molecule has 1 radical (unpaired) electrons. The van der Waals surface area contributed by atoms with Crippen molar-refractivity contribution < 1.29 is 8.42 Å². The Morgan fingerprint density at radius 3 is 2.08 bits per heavy atom. The predicted molar refractivity (Wildman–Crippen MR) is 51.3 cm³/mol. The molecule has 0 aliphatic heterocycles. The largest absolute Gasteiger partial charge is 0.239 e.